The molecule has 1 amide bonds. The van der Waals surface area contributed by atoms with Crippen molar-refractivity contribution in [2.75, 3.05) is 13.7 Å². The fraction of sp³-hybridized carbons (Fsp3) is 0.438. The predicted molar refractivity (Wildman–Crippen MR) is 80.3 cm³/mol. The lowest BCUT2D eigenvalue weighted by atomic mass is 10.2. The molecule has 0 spiro atoms. The van der Waals surface area contributed by atoms with Crippen LogP contribution in [0.5, 0.6) is 5.75 Å². The van der Waals surface area contributed by atoms with Crippen molar-refractivity contribution in [1.29, 1.82) is 0 Å². The van der Waals surface area contributed by atoms with Gasteiger partial charge in [0, 0.05) is 18.5 Å². The smallest absolute Gasteiger partial charge is 0.249 e. The van der Waals surface area contributed by atoms with E-state index in [0.29, 0.717) is 18.1 Å². The van der Waals surface area contributed by atoms with Crippen molar-refractivity contribution in [2.24, 2.45) is 0 Å². The summed E-state index contributed by atoms with van der Waals surface area (Å²) in [6, 6.07) is 7.41. The molecule has 1 aliphatic heterocycles. The van der Waals surface area contributed by atoms with Crippen LogP contribution < -0.4 is 4.74 Å². The maximum absolute atomic E-state index is 12.0. The van der Waals surface area contributed by atoms with E-state index in [1.54, 1.807) is 7.11 Å². The van der Waals surface area contributed by atoms with Gasteiger partial charge in [0.1, 0.15) is 11.8 Å². The van der Waals surface area contributed by atoms with Gasteiger partial charge in [0.2, 0.25) is 17.6 Å². The van der Waals surface area contributed by atoms with Crippen LogP contribution in [0.25, 0.3) is 11.4 Å². The molecule has 0 bridgehead atoms. The van der Waals surface area contributed by atoms with Crippen LogP contribution in [0.1, 0.15) is 38.1 Å². The first-order chi connectivity index (χ1) is 10.7. The molecule has 1 aromatic heterocycles. The SMILES string of the molecule is CCC(=O)N1CCC[C@@H]1c1nc(-c2cccc(OC)c2)no1. The average molecular weight is 301 g/mol. The Morgan fingerprint density at radius 3 is 3.14 bits per heavy atom. The number of hydrogen-bond donors (Lipinski definition) is 0. The van der Waals surface area contributed by atoms with Crippen LogP contribution in [0.3, 0.4) is 0 Å². The highest BCUT2D eigenvalue weighted by Gasteiger charge is 2.33. The molecule has 0 unspecified atom stereocenters. The Bertz CT molecular complexity index is 668. The Labute approximate surface area is 129 Å². The summed E-state index contributed by atoms with van der Waals surface area (Å²) in [6.45, 7) is 2.63. The van der Waals surface area contributed by atoms with E-state index in [9.17, 15) is 4.79 Å². The lowest BCUT2D eigenvalue weighted by Crippen LogP contribution is -2.29. The Hall–Kier alpha value is -2.37. The van der Waals surface area contributed by atoms with Gasteiger partial charge in [-0.25, -0.2) is 0 Å². The number of ether oxygens (including phenoxy) is 1. The zero-order valence-electron chi connectivity index (χ0n) is 12.8. The quantitative estimate of drug-likeness (QED) is 0.868. The van der Waals surface area contributed by atoms with Gasteiger partial charge in [-0.2, -0.15) is 4.98 Å². The summed E-state index contributed by atoms with van der Waals surface area (Å²) in [7, 11) is 1.62. The second-order valence-electron chi connectivity index (χ2n) is 5.29. The molecule has 116 valence electrons. The number of benzene rings is 1. The average Bonchev–Trinajstić information content (AvgIpc) is 3.22. The van der Waals surface area contributed by atoms with Crippen LogP contribution >= 0.6 is 0 Å². The third-order valence-electron chi connectivity index (χ3n) is 3.93. The van der Waals surface area contributed by atoms with Crippen LogP contribution in [-0.2, 0) is 4.79 Å². The summed E-state index contributed by atoms with van der Waals surface area (Å²) in [5.74, 6) is 1.90. The first-order valence-corrected chi connectivity index (χ1v) is 7.50. The van der Waals surface area contributed by atoms with Crippen molar-refractivity contribution < 1.29 is 14.1 Å². The van der Waals surface area contributed by atoms with Crippen molar-refractivity contribution in [3.8, 4) is 17.1 Å². The van der Waals surface area contributed by atoms with Gasteiger partial charge in [-0.1, -0.05) is 24.2 Å². The van der Waals surface area contributed by atoms with Crippen molar-refractivity contribution in [2.45, 2.75) is 32.2 Å². The van der Waals surface area contributed by atoms with Crippen LogP contribution in [-0.4, -0.2) is 34.6 Å². The van der Waals surface area contributed by atoms with Gasteiger partial charge in [-0.3, -0.25) is 4.79 Å². The maximum Gasteiger partial charge on any atom is 0.249 e. The van der Waals surface area contributed by atoms with Crippen molar-refractivity contribution in [3.05, 3.63) is 30.2 Å². The first-order valence-electron chi connectivity index (χ1n) is 7.50. The molecule has 1 aliphatic rings. The molecule has 1 fully saturated rings. The lowest BCUT2D eigenvalue weighted by molar-refractivity contribution is -0.132. The van der Waals surface area contributed by atoms with Gasteiger partial charge in [0.05, 0.1) is 7.11 Å². The Kier molecular flexibility index (Phi) is 4.09. The van der Waals surface area contributed by atoms with E-state index < -0.39 is 0 Å². The van der Waals surface area contributed by atoms with E-state index in [4.69, 9.17) is 9.26 Å². The second kappa shape index (κ2) is 6.17. The Morgan fingerprint density at radius 2 is 2.36 bits per heavy atom. The lowest BCUT2D eigenvalue weighted by Gasteiger charge is -2.20. The standard InChI is InChI=1S/C16H19N3O3/c1-3-14(20)19-9-5-8-13(19)16-17-15(18-22-16)11-6-4-7-12(10-11)21-2/h4,6-7,10,13H,3,5,8-9H2,1-2H3/t13-/m1/s1. The van der Waals surface area contributed by atoms with Gasteiger partial charge < -0.3 is 14.2 Å². The minimum atomic E-state index is -0.0979. The van der Waals surface area contributed by atoms with Crippen LogP contribution in [0, 0.1) is 0 Å². The highest BCUT2D eigenvalue weighted by atomic mass is 16.5. The molecule has 22 heavy (non-hydrogen) atoms. The van der Waals surface area contributed by atoms with Gasteiger partial charge in [0.25, 0.3) is 0 Å². The zero-order chi connectivity index (χ0) is 15.5. The molecule has 3 rings (SSSR count). The maximum atomic E-state index is 12.0. The number of rotatable bonds is 4. The van der Waals surface area contributed by atoms with Gasteiger partial charge in [0.15, 0.2) is 0 Å². The Balaban J connectivity index is 1.85. The minimum absolute atomic E-state index is 0.0979. The van der Waals surface area contributed by atoms with Crippen LogP contribution in [0.15, 0.2) is 28.8 Å². The molecule has 0 N–H and O–H groups in total. The molecule has 1 atom stereocenters. The van der Waals surface area contributed by atoms with Crippen molar-refractivity contribution in [3.63, 3.8) is 0 Å². The highest BCUT2D eigenvalue weighted by molar-refractivity contribution is 5.76. The summed E-state index contributed by atoms with van der Waals surface area (Å²) in [6.07, 6.45) is 2.33. The molecule has 1 saturated heterocycles. The summed E-state index contributed by atoms with van der Waals surface area (Å²) < 4.78 is 10.6. The fourth-order valence-corrected chi connectivity index (χ4v) is 2.78. The molecule has 0 radical (unpaired) electrons. The molecule has 2 aromatic rings. The number of likely N-dealkylation sites (tertiary alicyclic amines) is 1. The summed E-state index contributed by atoms with van der Waals surface area (Å²) in [5, 5.41) is 4.05. The number of aromatic nitrogens is 2. The number of carbonyl (C=O) groups is 1. The molecule has 0 saturated carbocycles. The highest BCUT2D eigenvalue weighted by Crippen LogP contribution is 2.32. The topological polar surface area (TPSA) is 68.5 Å². The molecular formula is C16H19N3O3. The zero-order valence-corrected chi connectivity index (χ0v) is 12.8. The van der Waals surface area contributed by atoms with Gasteiger partial charge in [-0.05, 0) is 25.0 Å². The van der Waals surface area contributed by atoms with E-state index in [1.165, 1.54) is 0 Å². The third kappa shape index (κ3) is 2.68. The van der Waals surface area contributed by atoms with Crippen LogP contribution in [0.4, 0.5) is 0 Å². The number of hydrogen-bond acceptors (Lipinski definition) is 5. The van der Waals surface area contributed by atoms with E-state index in [0.717, 1.165) is 30.7 Å². The molecular weight excluding hydrogens is 282 g/mol. The third-order valence-corrected chi connectivity index (χ3v) is 3.93. The molecule has 2 heterocycles. The van der Waals surface area contributed by atoms with E-state index in [1.807, 2.05) is 36.1 Å². The van der Waals surface area contributed by atoms with E-state index in [-0.39, 0.29) is 11.9 Å². The van der Waals surface area contributed by atoms with Gasteiger partial charge >= 0.3 is 0 Å². The molecule has 1 aromatic carbocycles. The minimum Gasteiger partial charge on any atom is -0.497 e. The van der Waals surface area contributed by atoms with Crippen molar-refractivity contribution >= 4 is 5.91 Å². The number of methoxy groups -OCH3 is 1. The molecule has 6 heteroatoms. The monoisotopic (exact) mass is 301 g/mol. The summed E-state index contributed by atoms with van der Waals surface area (Å²) in [5.41, 5.74) is 0.834. The fourth-order valence-electron chi connectivity index (χ4n) is 2.78. The number of nitrogens with zero attached hydrogens (tertiary/aromatic N) is 3. The van der Waals surface area contributed by atoms with Crippen molar-refractivity contribution in [1.82, 2.24) is 15.0 Å². The number of carbonyl (C=O) groups excluding carboxylic acids is 1. The largest absolute Gasteiger partial charge is 0.497 e. The molecule has 6 nitrogen and oxygen atoms in total. The summed E-state index contributed by atoms with van der Waals surface area (Å²) >= 11 is 0. The van der Waals surface area contributed by atoms with Crippen LogP contribution in [0.2, 0.25) is 0 Å². The number of amides is 1. The summed E-state index contributed by atoms with van der Waals surface area (Å²) in [4.78, 5) is 18.3. The second-order valence-corrected chi connectivity index (χ2v) is 5.29. The van der Waals surface area contributed by atoms with E-state index >= 15 is 0 Å². The normalized spacial score (nSPS) is 17.7. The Morgan fingerprint density at radius 1 is 1.50 bits per heavy atom. The van der Waals surface area contributed by atoms with E-state index in [2.05, 4.69) is 10.1 Å². The predicted octanol–water partition coefficient (Wildman–Crippen LogP) is 2.82. The first kappa shape index (κ1) is 14.6. The van der Waals surface area contributed by atoms with Gasteiger partial charge in [-0.15, -0.1) is 0 Å². The molecule has 0 aliphatic carbocycles.